The van der Waals surface area contributed by atoms with Crippen molar-refractivity contribution in [1.29, 1.82) is 0 Å². The minimum atomic E-state index is -0.366. The number of aliphatic hydroxyl groups is 1. The van der Waals surface area contributed by atoms with Crippen molar-refractivity contribution >= 4 is 6.29 Å². The molecule has 2 N–H and O–H groups in total. The number of aliphatic hydroxyl groups excluding tert-OH is 1. The summed E-state index contributed by atoms with van der Waals surface area (Å²) in [5, 5.41) is 11.3. The molecule has 146 valence electrons. The average molecular weight is 365 g/mol. The molecule has 1 fully saturated rings. The molecule has 5 heteroatoms. The van der Waals surface area contributed by atoms with Gasteiger partial charge in [-0.05, 0) is 50.8 Å². The highest BCUT2D eigenvalue weighted by atomic mass is 19.1. The third-order valence-electron chi connectivity index (χ3n) is 5.41. The van der Waals surface area contributed by atoms with Crippen LogP contribution in [0.3, 0.4) is 0 Å². The molecule has 1 aliphatic heterocycles. The van der Waals surface area contributed by atoms with Crippen molar-refractivity contribution < 1.29 is 14.3 Å². The van der Waals surface area contributed by atoms with Gasteiger partial charge < -0.3 is 15.2 Å². The van der Waals surface area contributed by atoms with E-state index in [2.05, 4.69) is 23.3 Å². The molecular weight excluding hydrogens is 331 g/mol. The summed E-state index contributed by atoms with van der Waals surface area (Å²) < 4.78 is 14.2. The first-order valence-electron chi connectivity index (χ1n) is 9.84. The predicted octanol–water partition coefficient (Wildman–Crippen LogP) is 3.09. The number of nitrogens with one attached hydrogen (secondary N) is 1. The maximum atomic E-state index is 14.2. The molecule has 2 aliphatic rings. The lowest BCUT2D eigenvalue weighted by atomic mass is 9.77. The number of rotatable bonds is 5. The Labute approximate surface area is 156 Å². The summed E-state index contributed by atoms with van der Waals surface area (Å²) in [5.74, 6) is 0.661. The maximum Gasteiger partial charge on any atom is 0.133 e. The van der Waals surface area contributed by atoms with Crippen molar-refractivity contribution in [2.24, 2.45) is 5.92 Å². The normalized spacial score (nSPS) is 22.1. The molecule has 3 rings (SSSR count). The van der Waals surface area contributed by atoms with Crippen molar-refractivity contribution in [3.8, 4) is 0 Å². The summed E-state index contributed by atoms with van der Waals surface area (Å²) in [6.07, 6.45) is 7.92. The zero-order valence-electron chi connectivity index (χ0n) is 16.1. The number of halogens is 1. The van der Waals surface area contributed by atoms with Crippen molar-refractivity contribution in [3.05, 3.63) is 35.1 Å². The standard InChI is InChI=1S/C16H22FN.C5H11NO2/c1-18-11-10-12-8-5-9-14(17)15(12)16(18)13-6-3-2-4-7-13;1-5(8)4-6-2-3-7/h5,8-9,13,16H,2-4,6-7,10-11H2,1H3;3,5-6,8H,2,4H2,1H3. The molecule has 2 unspecified atom stereocenters. The van der Waals surface area contributed by atoms with E-state index in [0.717, 1.165) is 24.8 Å². The number of hydrogen-bond acceptors (Lipinski definition) is 4. The fraction of sp³-hybridized carbons (Fsp3) is 0.667. The zero-order chi connectivity index (χ0) is 18.9. The van der Waals surface area contributed by atoms with E-state index in [9.17, 15) is 9.18 Å². The molecule has 26 heavy (non-hydrogen) atoms. The van der Waals surface area contributed by atoms with E-state index in [1.165, 1.54) is 37.7 Å². The van der Waals surface area contributed by atoms with Crippen LogP contribution in [-0.2, 0) is 11.2 Å². The molecule has 1 aromatic carbocycles. The first kappa shape index (κ1) is 21.0. The molecule has 1 aromatic rings. The predicted molar refractivity (Wildman–Crippen MR) is 103 cm³/mol. The van der Waals surface area contributed by atoms with Gasteiger partial charge in [0, 0.05) is 24.7 Å². The lowest BCUT2D eigenvalue weighted by Crippen LogP contribution is -2.38. The van der Waals surface area contributed by atoms with Gasteiger partial charge in [-0.2, -0.15) is 0 Å². The average Bonchev–Trinajstić information content (AvgIpc) is 2.63. The van der Waals surface area contributed by atoms with E-state index < -0.39 is 0 Å². The number of carbonyl (C=O) groups excluding carboxylic acids is 1. The van der Waals surface area contributed by atoms with Gasteiger partial charge in [0.15, 0.2) is 0 Å². The van der Waals surface area contributed by atoms with Crippen LogP contribution in [0.5, 0.6) is 0 Å². The van der Waals surface area contributed by atoms with E-state index in [1.807, 2.05) is 6.07 Å². The molecule has 1 aliphatic carbocycles. The Morgan fingerprint density at radius 2 is 2.08 bits per heavy atom. The Hall–Kier alpha value is -1.30. The SMILES string of the molecule is CC(O)CNCC=O.CN1CCc2cccc(F)c2C1C1CCCCC1. The third-order valence-corrected chi connectivity index (χ3v) is 5.41. The Morgan fingerprint density at radius 3 is 2.73 bits per heavy atom. The molecule has 0 amide bonds. The van der Waals surface area contributed by atoms with Gasteiger partial charge >= 0.3 is 0 Å². The largest absolute Gasteiger partial charge is 0.392 e. The number of benzene rings is 1. The number of hydrogen-bond donors (Lipinski definition) is 2. The van der Waals surface area contributed by atoms with Crippen LogP contribution in [0.25, 0.3) is 0 Å². The molecule has 4 nitrogen and oxygen atoms in total. The molecule has 1 heterocycles. The Balaban J connectivity index is 0.000000260. The third kappa shape index (κ3) is 5.86. The molecule has 0 bridgehead atoms. The minimum absolute atomic E-state index is 0.00891. The van der Waals surface area contributed by atoms with E-state index in [1.54, 1.807) is 13.0 Å². The number of aldehydes is 1. The summed E-state index contributed by atoms with van der Waals surface area (Å²) in [6, 6.07) is 5.92. The van der Waals surface area contributed by atoms with Crippen LogP contribution in [0.1, 0.15) is 56.2 Å². The second kappa shape index (κ2) is 10.8. The van der Waals surface area contributed by atoms with Gasteiger partial charge in [0.2, 0.25) is 0 Å². The highest BCUT2D eigenvalue weighted by molar-refractivity contribution is 5.51. The highest BCUT2D eigenvalue weighted by Crippen LogP contribution is 2.42. The summed E-state index contributed by atoms with van der Waals surface area (Å²) in [5.41, 5.74) is 2.24. The van der Waals surface area contributed by atoms with Gasteiger partial charge in [0.1, 0.15) is 12.1 Å². The summed E-state index contributed by atoms with van der Waals surface area (Å²) in [7, 11) is 2.16. The maximum absolute atomic E-state index is 14.2. The first-order valence-corrected chi connectivity index (χ1v) is 9.84. The fourth-order valence-electron chi connectivity index (χ4n) is 4.18. The van der Waals surface area contributed by atoms with E-state index in [-0.39, 0.29) is 11.9 Å². The van der Waals surface area contributed by atoms with Crippen molar-refractivity contribution in [2.75, 3.05) is 26.7 Å². The second-order valence-electron chi connectivity index (χ2n) is 7.56. The van der Waals surface area contributed by atoms with Gasteiger partial charge in [0.05, 0.1) is 12.6 Å². The molecule has 0 aromatic heterocycles. The number of likely N-dealkylation sites (N-methyl/N-ethyl adjacent to an activating group) is 1. The van der Waals surface area contributed by atoms with E-state index in [4.69, 9.17) is 5.11 Å². The summed E-state index contributed by atoms with van der Waals surface area (Å²) in [6.45, 7) is 3.54. The van der Waals surface area contributed by atoms with Crippen molar-refractivity contribution in [3.63, 3.8) is 0 Å². The highest BCUT2D eigenvalue weighted by Gasteiger charge is 2.34. The Bertz CT molecular complexity index is 559. The Kier molecular flexibility index (Phi) is 8.69. The van der Waals surface area contributed by atoms with Crippen molar-refractivity contribution in [2.45, 2.75) is 57.6 Å². The van der Waals surface area contributed by atoms with Gasteiger partial charge in [-0.1, -0.05) is 31.4 Å². The summed E-state index contributed by atoms with van der Waals surface area (Å²) >= 11 is 0. The molecular formula is C21H33FN2O2. The molecule has 0 saturated heterocycles. The second-order valence-corrected chi connectivity index (χ2v) is 7.56. The van der Waals surface area contributed by atoms with Crippen LogP contribution in [0, 0.1) is 11.7 Å². The van der Waals surface area contributed by atoms with Crippen LogP contribution < -0.4 is 5.32 Å². The number of fused-ring (bicyclic) bond motifs is 1. The minimum Gasteiger partial charge on any atom is -0.392 e. The molecule has 2 atom stereocenters. The fourth-order valence-corrected chi connectivity index (χ4v) is 4.18. The zero-order valence-corrected chi connectivity index (χ0v) is 16.1. The first-order chi connectivity index (χ1) is 12.5. The van der Waals surface area contributed by atoms with Gasteiger partial charge in [-0.25, -0.2) is 4.39 Å². The van der Waals surface area contributed by atoms with E-state index in [0.29, 0.717) is 25.0 Å². The number of carbonyl (C=O) groups is 1. The Morgan fingerprint density at radius 1 is 1.35 bits per heavy atom. The summed E-state index contributed by atoms with van der Waals surface area (Å²) in [4.78, 5) is 12.0. The van der Waals surface area contributed by atoms with Gasteiger partial charge in [-0.15, -0.1) is 0 Å². The topological polar surface area (TPSA) is 52.6 Å². The molecule has 0 spiro atoms. The van der Waals surface area contributed by atoms with Crippen LogP contribution in [0.4, 0.5) is 4.39 Å². The lowest BCUT2D eigenvalue weighted by molar-refractivity contribution is -0.107. The van der Waals surface area contributed by atoms with Gasteiger partial charge in [-0.3, -0.25) is 4.90 Å². The van der Waals surface area contributed by atoms with Crippen LogP contribution >= 0.6 is 0 Å². The van der Waals surface area contributed by atoms with Crippen LogP contribution in [-0.4, -0.2) is 49.1 Å². The number of nitrogens with zero attached hydrogens (tertiary/aromatic N) is 1. The molecule has 1 saturated carbocycles. The lowest BCUT2D eigenvalue weighted by Gasteiger charge is -2.41. The van der Waals surface area contributed by atoms with E-state index >= 15 is 0 Å². The van der Waals surface area contributed by atoms with Crippen molar-refractivity contribution in [1.82, 2.24) is 10.2 Å². The van der Waals surface area contributed by atoms with Gasteiger partial charge in [0.25, 0.3) is 0 Å². The van der Waals surface area contributed by atoms with Crippen LogP contribution in [0.2, 0.25) is 0 Å². The smallest absolute Gasteiger partial charge is 0.133 e. The quantitative estimate of drug-likeness (QED) is 0.623. The monoisotopic (exact) mass is 364 g/mol. The van der Waals surface area contributed by atoms with Crippen LogP contribution in [0.15, 0.2) is 18.2 Å². The molecule has 0 radical (unpaired) electrons.